The molecule has 0 radical (unpaired) electrons. The van der Waals surface area contributed by atoms with Gasteiger partial charge in [-0.2, -0.15) is 13.2 Å². The second kappa shape index (κ2) is 14.7. The maximum atomic E-state index is 12.9. The number of nitrogens with zero attached hydrogens (tertiary/aromatic N) is 1. The Hall–Kier alpha value is -0.290. The summed E-state index contributed by atoms with van der Waals surface area (Å²) in [6, 6.07) is -0.195. The van der Waals surface area contributed by atoms with Gasteiger partial charge in [0.25, 0.3) is 0 Å². The average Bonchev–Trinajstić information content (AvgIpc) is 2.58. The molecule has 1 aliphatic rings. The third-order valence-electron chi connectivity index (χ3n) is 4.25. The Morgan fingerprint density at radius 3 is 2.42 bits per heavy atom. The highest BCUT2D eigenvalue weighted by Gasteiger charge is 2.42. The predicted octanol–water partition coefficient (Wildman–Crippen LogP) is 3.72. The van der Waals surface area contributed by atoms with Gasteiger partial charge in [-0.05, 0) is 25.7 Å². The molecule has 0 aromatic rings. The quantitative estimate of drug-likeness (QED) is 0.210. The van der Waals surface area contributed by atoms with Crippen LogP contribution in [0.5, 0.6) is 0 Å². The molecule has 5 nitrogen and oxygen atoms in total. The number of alkyl halides is 3. The lowest BCUT2D eigenvalue weighted by Crippen LogP contribution is -2.47. The summed E-state index contributed by atoms with van der Waals surface area (Å²) in [5.74, 6) is -0.691. The summed E-state index contributed by atoms with van der Waals surface area (Å²) in [6.45, 7) is 5.02. The van der Waals surface area contributed by atoms with Crippen molar-refractivity contribution in [2.75, 3.05) is 40.0 Å². The molecule has 0 aliphatic heterocycles. The molecule has 0 bridgehead atoms. The molecule has 0 heterocycles. The molecule has 0 amide bonds. The molecule has 1 fully saturated rings. The van der Waals surface area contributed by atoms with Crippen LogP contribution in [0.3, 0.4) is 0 Å². The van der Waals surface area contributed by atoms with Crippen molar-refractivity contribution in [3.05, 3.63) is 0 Å². The van der Waals surface area contributed by atoms with Crippen LogP contribution in [0.2, 0.25) is 0 Å². The predicted molar refractivity (Wildman–Crippen MR) is 108 cm³/mol. The first-order valence-electron chi connectivity index (χ1n) is 9.16. The Kier molecular flexibility index (Phi) is 14.6. The van der Waals surface area contributed by atoms with Crippen molar-refractivity contribution in [2.45, 2.75) is 57.7 Å². The van der Waals surface area contributed by atoms with Gasteiger partial charge in [0, 0.05) is 26.2 Å². The zero-order valence-electron chi connectivity index (χ0n) is 15.7. The van der Waals surface area contributed by atoms with E-state index in [1.54, 1.807) is 7.05 Å². The van der Waals surface area contributed by atoms with Gasteiger partial charge in [0.1, 0.15) is 0 Å². The van der Waals surface area contributed by atoms with Crippen LogP contribution in [0, 0.1) is 5.92 Å². The van der Waals surface area contributed by atoms with Crippen molar-refractivity contribution in [1.29, 1.82) is 0 Å². The molecular weight excluding hydrogens is 462 g/mol. The normalized spacial score (nSPS) is 21.2. The monoisotopic (exact) mass is 495 g/mol. The van der Waals surface area contributed by atoms with Crippen molar-refractivity contribution in [1.82, 2.24) is 10.6 Å². The number of ether oxygens (including phenoxy) is 2. The summed E-state index contributed by atoms with van der Waals surface area (Å²) >= 11 is 0. The van der Waals surface area contributed by atoms with Crippen molar-refractivity contribution >= 4 is 29.9 Å². The molecule has 0 spiro atoms. The van der Waals surface area contributed by atoms with Gasteiger partial charge in [-0.25, -0.2) is 0 Å². The maximum Gasteiger partial charge on any atom is 0.391 e. The minimum Gasteiger partial charge on any atom is -0.379 e. The van der Waals surface area contributed by atoms with Gasteiger partial charge in [0.05, 0.1) is 25.7 Å². The van der Waals surface area contributed by atoms with Crippen LogP contribution in [-0.2, 0) is 9.47 Å². The van der Waals surface area contributed by atoms with E-state index in [2.05, 4.69) is 22.5 Å². The van der Waals surface area contributed by atoms with Crippen LogP contribution in [0.15, 0.2) is 4.99 Å². The zero-order valence-corrected chi connectivity index (χ0v) is 18.1. The highest BCUT2D eigenvalue weighted by atomic mass is 127. The average molecular weight is 495 g/mol. The van der Waals surface area contributed by atoms with E-state index >= 15 is 0 Å². The maximum absolute atomic E-state index is 12.9. The highest BCUT2D eigenvalue weighted by Crippen LogP contribution is 2.37. The number of unbranched alkanes of at least 4 members (excludes halogenated alkanes) is 1. The van der Waals surface area contributed by atoms with Gasteiger partial charge in [-0.15, -0.1) is 24.0 Å². The summed E-state index contributed by atoms with van der Waals surface area (Å²) in [7, 11) is 1.61. The van der Waals surface area contributed by atoms with Crippen LogP contribution in [-0.4, -0.2) is 58.2 Å². The number of rotatable bonds is 10. The van der Waals surface area contributed by atoms with E-state index in [4.69, 9.17) is 9.47 Å². The topological polar surface area (TPSA) is 54.9 Å². The van der Waals surface area contributed by atoms with Crippen LogP contribution in [0.4, 0.5) is 13.2 Å². The van der Waals surface area contributed by atoms with E-state index in [0.717, 1.165) is 25.9 Å². The van der Waals surface area contributed by atoms with E-state index in [0.29, 0.717) is 38.7 Å². The fourth-order valence-corrected chi connectivity index (χ4v) is 2.82. The fraction of sp³-hybridized carbons (Fsp3) is 0.941. The summed E-state index contributed by atoms with van der Waals surface area (Å²) in [4.78, 5) is 4.07. The summed E-state index contributed by atoms with van der Waals surface area (Å²) in [5, 5.41) is 6.16. The van der Waals surface area contributed by atoms with Gasteiger partial charge < -0.3 is 20.1 Å². The molecule has 1 rings (SSSR count). The van der Waals surface area contributed by atoms with Crippen LogP contribution >= 0.6 is 24.0 Å². The standard InChI is InChI=1S/C17H32F3N3O2.HI/c1-3-4-9-24-11-12-25-10-8-22-16(21-2)23-15-7-5-6-14(13-15)17(18,19)20;/h14-15H,3-13H2,1-2H3,(H2,21,22,23);1H. The van der Waals surface area contributed by atoms with E-state index in [1.165, 1.54) is 0 Å². The lowest BCUT2D eigenvalue weighted by atomic mass is 9.85. The summed E-state index contributed by atoms with van der Waals surface area (Å²) < 4.78 is 49.4. The number of nitrogens with one attached hydrogen (secondary N) is 2. The van der Waals surface area contributed by atoms with Crippen molar-refractivity contribution in [3.63, 3.8) is 0 Å². The third-order valence-corrected chi connectivity index (χ3v) is 4.25. The number of aliphatic imine (C=N–C) groups is 1. The SMILES string of the molecule is CCCCOCCOCCNC(=NC)NC1CCCC(C(F)(F)F)C1.I. The van der Waals surface area contributed by atoms with Crippen LogP contribution in [0.25, 0.3) is 0 Å². The summed E-state index contributed by atoms with van der Waals surface area (Å²) in [5.41, 5.74) is 0. The first kappa shape index (κ1) is 25.7. The second-order valence-corrected chi connectivity index (χ2v) is 6.32. The summed E-state index contributed by atoms with van der Waals surface area (Å²) in [6.07, 6.45) is -0.289. The van der Waals surface area contributed by atoms with E-state index in [1.807, 2.05) is 0 Å². The molecule has 2 unspecified atom stereocenters. The number of hydrogen-bond acceptors (Lipinski definition) is 3. The number of guanidine groups is 1. The molecule has 1 aliphatic carbocycles. The van der Waals surface area contributed by atoms with Crippen molar-refractivity contribution in [3.8, 4) is 0 Å². The van der Waals surface area contributed by atoms with Gasteiger partial charge >= 0.3 is 6.18 Å². The Morgan fingerprint density at radius 1 is 1.12 bits per heavy atom. The minimum absolute atomic E-state index is 0. The van der Waals surface area contributed by atoms with Gasteiger partial charge in [0.15, 0.2) is 5.96 Å². The van der Waals surface area contributed by atoms with E-state index in [9.17, 15) is 13.2 Å². The Balaban J connectivity index is 0.00000625. The molecule has 1 saturated carbocycles. The Labute approximate surface area is 171 Å². The second-order valence-electron chi connectivity index (χ2n) is 6.32. The number of hydrogen-bond donors (Lipinski definition) is 2. The first-order valence-corrected chi connectivity index (χ1v) is 9.16. The van der Waals surface area contributed by atoms with Crippen molar-refractivity contribution < 1.29 is 22.6 Å². The van der Waals surface area contributed by atoms with Crippen molar-refractivity contribution in [2.24, 2.45) is 10.9 Å². The highest BCUT2D eigenvalue weighted by molar-refractivity contribution is 14.0. The largest absolute Gasteiger partial charge is 0.391 e. The molecule has 2 N–H and O–H groups in total. The molecule has 0 saturated heterocycles. The van der Waals surface area contributed by atoms with Crippen LogP contribution < -0.4 is 10.6 Å². The molecule has 0 aromatic carbocycles. The number of halogens is 4. The van der Waals surface area contributed by atoms with E-state index in [-0.39, 0.29) is 42.9 Å². The van der Waals surface area contributed by atoms with Gasteiger partial charge in [-0.3, -0.25) is 4.99 Å². The molecule has 26 heavy (non-hydrogen) atoms. The smallest absolute Gasteiger partial charge is 0.379 e. The zero-order chi connectivity index (χ0) is 18.5. The first-order chi connectivity index (χ1) is 12.0. The molecule has 2 atom stereocenters. The molecule has 0 aromatic heterocycles. The van der Waals surface area contributed by atoms with Gasteiger partial charge in [0.2, 0.25) is 0 Å². The van der Waals surface area contributed by atoms with Crippen LogP contribution in [0.1, 0.15) is 45.4 Å². The Bertz CT molecular complexity index is 385. The van der Waals surface area contributed by atoms with E-state index < -0.39 is 12.1 Å². The molecular formula is C17H33F3IN3O2. The minimum atomic E-state index is -4.11. The molecule has 9 heteroatoms. The lowest BCUT2D eigenvalue weighted by molar-refractivity contribution is -0.183. The lowest BCUT2D eigenvalue weighted by Gasteiger charge is -2.31. The fourth-order valence-electron chi connectivity index (χ4n) is 2.82. The van der Waals surface area contributed by atoms with Gasteiger partial charge in [-0.1, -0.05) is 19.8 Å². The third kappa shape index (κ3) is 11.4. The Morgan fingerprint density at radius 2 is 1.81 bits per heavy atom. The molecule has 156 valence electrons.